The molecule has 0 aliphatic carbocycles. The second-order valence-electron chi connectivity index (χ2n) is 8.23. The molecule has 3 N–H and O–H groups in total. The number of aliphatic hydroxyl groups is 1. The molecule has 8 heteroatoms. The lowest BCUT2D eigenvalue weighted by Crippen LogP contribution is -2.52. The lowest BCUT2D eigenvalue weighted by atomic mass is 10.1. The Hall–Kier alpha value is -1.87. The highest BCUT2D eigenvalue weighted by Gasteiger charge is 2.25. The molecule has 1 unspecified atom stereocenters. The normalized spacial score (nSPS) is 17.6. The molecule has 1 aromatic carbocycles. The van der Waals surface area contributed by atoms with Crippen LogP contribution in [0.25, 0.3) is 0 Å². The van der Waals surface area contributed by atoms with Crippen molar-refractivity contribution in [2.45, 2.75) is 26.0 Å². The van der Waals surface area contributed by atoms with Crippen LogP contribution in [0.4, 0.5) is 0 Å². The van der Waals surface area contributed by atoms with Gasteiger partial charge < -0.3 is 30.1 Å². The summed E-state index contributed by atoms with van der Waals surface area (Å²) in [6.45, 7) is 10.9. The number of hydrogen-bond donors (Lipinski definition) is 3. The van der Waals surface area contributed by atoms with Crippen LogP contribution in [0.3, 0.4) is 0 Å². The number of nitrogens with zero attached hydrogens (tertiary/aromatic N) is 3. The fourth-order valence-electron chi connectivity index (χ4n) is 3.16. The van der Waals surface area contributed by atoms with Gasteiger partial charge in [-0.15, -0.1) is 0 Å². The van der Waals surface area contributed by atoms with Gasteiger partial charge in [-0.1, -0.05) is 12.1 Å². The highest BCUT2D eigenvalue weighted by molar-refractivity contribution is 5.79. The van der Waals surface area contributed by atoms with Gasteiger partial charge in [-0.05, 0) is 45.6 Å². The zero-order valence-corrected chi connectivity index (χ0v) is 19.0. The van der Waals surface area contributed by atoms with Gasteiger partial charge >= 0.3 is 0 Å². The Balaban J connectivity index is 1.87. The Morgan fingerprint density at radius 3 is 2.77 bits per heavy atom. The molecule has 30 heavy (non-hydrogen) atoms. The summed E-state index contributed by atoms with van der Waals surface area (Å²) in [5.74, 6) is 1.55. The number of nitrogens with one attached hydrogen (secondary N) is 2. The molecule has 1 fully saturated rings. The highest BCUT2D eigenvalue weighted by Crippen LogP contribution is 2.14. The first kappa shape index (κ1) is 24.4. The number of benzene rings is 1. The molecule has 1 aromatic rings. The molecular formula is C22H39N5O3. The number of ether oxygens (including phenoxy) is 2. The van der Waals surface area contributed by atoms with Crippen molar-refractivity contribution in [3.05, 3.63) is 29.8 Å². The highest BCUT2D eigenvalue weighted by atomic mass is 16.5. The van der Waals surface area contributed by atoms with E-state index in [-0.39, 0.29) is 0 Å². The molecule has 0 saturated carbocycles. The summed E-state index contributed by atoms with van der Waals surface area (Å²) >= 11 is 0. The maximum atomic E-state index is 10.8. The summed E-state index contributed by atoms with van der Waals surface area (Å²) in [5.41, 5.74) is 0.225. The molecule has 0 radical (unpaired) electrons. The molecule has 2 rings (SSSR count). The Kier molecular flexibility index (Phi) is 10.4. The molecule has 1 aliphatic rings. The molecule has 8 nitrogen and oxygen atoms in total. The van der Waals surface area contributed by atoms with Gasteiger partial charge in [-0.2, -0.15) is 0 Å². The Morgan fingerprint density at radius 1 is 1.30 bits per heavy atom. The third-order valence-corrected chi connectivity index (χ3v) is 4.77. The van der Waals surface area contributed by atoms with E-state index in [1.165, 1.54) is 0 Å². The second kappa shape index (κ2) is 12.7. The maximum absolute atomic E-state index is 10.8. The van der Waals surface area contributed by atoms with Crippen LogP contribution in [0.5, 0.6) is 5.75 Å². The van der Waals surface area contributed by atoms with E-state index in [9.17, 15) is 5.11 Å². The van der Waals surface area contributed by atoms with E-state index in [0.29, 0.717) is 32.2 Å². The Labute approximate surface area is 181 Å². The molecule has 1 heterocycles. The van der Waals surface area contributed by atoms with Crippen molar-refractivity contribution in [1.82, 2.24) is 20.4 Å². The van der Waals surface area contributed by atoms with E-state index >= 15 is 0 Å². The molecule has 1 atom stereocenters. The number of guanidine groups is 1. The van der Waals surface area contributed by atoms with Crippen LogP contribution in [-0.4, -0.2) is 99.7 Å². The first-order valence-electron chi connectivity index (χ1n) is 10.8. The standard InChI is InChI=1S/C22H39N5O3/c1-5-23-21(25-17-22(2,28)18-27-10-12-29-13-11-27)24-16-19-7-6-8-20(15-19)30-14-9-26(3)4/h6-8,15,28H,5,9-14,16-18H2,1-4H3,(H2,23,24,25). The van der Waals surface area contributed by atoms with Gasteiger partial charge in [-0.25, -0.2) is 4.99 Å². The minimum atomic E-state index is -0.853. The number of morpholine rings is 1. The number of hydrogen-bond acceptors (Lipinski definition) is 6. The smallest absolute Gasteiger partial charge is 0.191 e. The van der Waals surface area contributed by atoms with Crippen molar-refractivity contribution >= 4 is 5.96 Å². The SMILES string of the molecule is CCNC(=NCc1cccc(OCCN(C)C)c1)NCC(C)(O)CN1CCOCC1. The van der Waals surface area contributed by atoms with Crippen LogP contribution in [0.1, 0.15) is 19.4 Å². The van der Waals surface area contributed by atoms with Crippen LogP contribution < -0.4 is 15.4 Å². The van der Waals surface area contributed by atoms with E-state index in [0.717, 1.165) is 50.7 Å². The fraction of sp³-hybridized carbons (Fsp3) is 0.682. The topological polar surface area (TPSA) is 81.6 Å². The van der Waals surface area contributed by atoms with E-state index in [1.54, 1.807) is 0 Å². The lowest BCUT2D eigenvalue weighted by Gasteiger charge is -2.34. The first-order chi connectivity index (χ1) is 14.4. The van der Waals surface area contributed by atoms with Crippen LogP contribution in [-0.2, 0) is 11.3 Å². The van der Waals surface area contributed by atoms with E-state index in [1.807, 2.05) is 52.2 Å². The number of rotatable bonds is 11. The van der Waals surface area contributed by atoms with Crippen LogP contribution in [0.2, 0.25) is 0 Å². The Morgan fingerprint density at radius 2 is 2.07 bits per heavy atom. The summed E-state index contributed by atoms with van der Waals surface area (Å²) in [6.07, 6.45) is 0. The van der Waals surface area contributed by atoms with Crippen LogP contribution >= 0.6 is 0 Å². The number of likely N-dealkylation sites (N-methyl/N-ethyl adjacent to an activating group) is 1. The summed E-state index contributed by atoms with van der Waals surface area (Å²) in [4.78, 5) is 9.00. The zero-order valence-electron chi connectivity index (χ0n) is 19.0. The quantitative estimate of drug-likeness (QED) is 0.360. The number of β-amino-alcohol motifs (C(OH)–C–C–N with tert-alkyl or cyclic N) is 1. The van der Waals surface area contributed by atoms with Gasteiger partial charge in [0, 0.05) is 39.3 Å². The third-order valence-electron chi connectivity index (χ3n) is 4.77. The van der Waals surface area contributed by atoms with Gasteiger partial charge in [0.25, 0.3) is 0 Å². The van der Waals surface area contributed by atoms with Crippen molar-refractivity contribution in [2.24, 2.45) is 4.99 Å². The average molecular weight is 422 g/mol. The minimum absolute atomic E-state index is 0.421. The second-order valence-corrected chi connectivity index (χ2v) is 8.23. The molecule has 170 valence electrons. The molecule has 1 aliphatic heterocycles. The van der Waals surface area contributed by atoms with Gasteiger partial charge in [-0.3, -0.25) is 4.90 Å². The molecule has 1 saturated heterocycles. The summed E-state index contributed by atoms with van der Waals surface area (Å²) in [7, 11) is 4.06. The van der Waals surface area contributed by atoms with Gasteiger partial charge in [0.15, 0.2) is 5.96 Å². The van der Waals surface area contributed by atoms with Crippen molar-refractivity contribution < 1.29 is 14.6 Å². The molecule has 0 amide bonds. The lowest BCUT2D eigenvalue weighted by molar-refractivity contribution is -0.0201. The minimum Gasteiger partial charge on any atom is -0.492 e. The van der Waals surface area contributed by atoms with E-state index in [2.05, 4.69) is 25.4 Å². The van der Waals surface area contributed by atoms with Gasteiger partial charge in [0.05, 0.1) is 25.4 Å². The largest absolute Gasteiger partial charge is 0.492 e. The third kappa shape index (κ3) is 9.75. The van der Waals surface area contributed by atoms with Crippen LogP contribution in [0.15, 0.2) is 29.3 Å². The molecule has 0 bridgehead atoms. The maximum Gasteiger partial charge on any atom is 0.191 e. The Bertz CT molecular complexity index is 645. The van der Waals surface area contributed by atoms with Gasteiger partial charge in [0.1, 0.15) is 12.4 Å². The molecular weight excluding hydrogens is 382 g/mol. The van der Waals surface area contributed by atoms with Crippen LogP contribution in [0, 0.1) is 0 Å². The van der Waals surface area contributed by atoms with Gasteiger partial charge in [0.2, 0.25) is 0 Å². The zero-order chi connectivity index (χ0) is 21.8. The van der Waals surface area contributed by atoms with Crippen molar-refractivity contribution in [3.8, 4) is 5.75 Å². The van der Waals surface area contributed by atoms with Crippen molar-refractivity contribution in [1.29, 1.82) is 0 Å². The van der Waals surface area contributed by atoms with Crippen molar-refractivity contribution in [2.75, 3.05) is 73.2 Å². The molecule has 0 spiro atoms. The fourth-order valence-corrected chi connectivity index (χ4v) is 3.16. The average Bonchev–Trinajstić information content (AvgIpc) is 2.70. The first-order valence-corrected chi connectivity index (χ1v) is 10.8. The van der Waals surface area contributed by atoms with E-state index in [4.69, 9.17) is 9.47 Å². The predicted octanol–water partition coefficient (Wildman–Crippen LogP) is 0.765. The predicted molar refractivity (Wildman–Crippen MR) is 121 cm³/mol. The monoisotopic (exact) mass is 421 g/mol. The summed E-state index contributed by atoms with van der Waals surface area (Å²) in [5, 5.41) is 17.3. The van der Waals surface area contributed by atoms with E-state index < -0.39 is 5.60 Å². The van der Waals surface area contributed by atoms with Crippen molar-refractivity contribution in [3.63, 3.8) is 0 Å². The molecule has 0 aromatic heterocycles. The summed E-state index contributed by atoms with van der Waals surface area (Å²) < 4.78 is 11.2. The summed E-state index contributed by atoms with van der Waals surface area (Å²) in [6, 6.07) is 8.02. The number of aliphatic imine (C=N–C) groups is 1.